The van der Waals surface area contributed by atoms with Gasteiger partial charge in [-0.3, -0.25) is 4.79 Å². The van der Waals surface area contributed by atoms with Gasteiger partial charge >= 0.3 is 12.0 Å². The number of urea groups is 1. The van der Waals surface area contributed by atoms with E-state index in [-0.39, 0.29) is 23.1 Å². The molecule has 6 nitrogen and oxygen atoms in total. The van der Waals surface area contributed by atoms with Crippen molar-refractivity contribution < 1.29 is 23.8 Å². The molecule has 0 aliphatic heterocycles. The van der Waals surface area contributed by atoms with E-state index in [0.29, 0.717) is 12.4 Å². The SMILES string of the molecule is CCOc1cc(Br)c(F)cc1NC(=O)NCCC(=O)O. The van der Waals surface area contributed by atoms with E-state index in [9.17, 15) is 14.0 Å². The third-order valence-electron chi connectivity index (χ3n) is 2.19. The quantitative estimate of drug-likeness (QED) is 0.737. The average Bonchev–Trinajstić information content (AvgIpc) is 2.35. The molecular weight excluding hydrogens is 335 g/mol. The van der Waals surface area contributed by atoms with Gasteiger partial charge in [0.15, 0.2) is 0 Å². The van der Waals surface area contributed by atoms with Crippen LogP contribution in [0.1, 0.15) is 13.3 Å². The summed E-state index contributed by atoms with van der Waals surface area (Å²) >= 11 is 3.03. The van der Waals surface area contributed by atoms with Crippen LogP contribution in [-0.4, -0.2) is 30.3 Å². The first-order valence-electron chi connectivity index (χ1n) is 5.82. The predicted molar refractivity (Wildman–Crippen MR) is 74.5 cm³/mol. The minimum absolute atomic E-state index is 0.0237. The zero-order valence-corrected chi connectivity index (χ0v) is 12.3. The van der Waals surface area contributed by atoms with E-state index in [4.69, 9.17) is 9.84 Å². The minimum Gasteiger partial charge on any atom is -0.492 e. The normalized spacial score (nSPS) is 9.95. The van der Waals surface area contributed by atoms with Gasteiger partial charge in [-0.25, -0.2) is 9.18 Å². The molecule has 0 saturated heterocycles. The van der Waals surface area contributed by atoms with E-state index in [1.165, 1.54) is 6.07 Å². The monoisotopic (exact) mass is 348 g/mol. The van der Waals surface area contributed by atoms with Gasteiger partial charge in [0.1, 0.15) is 11.6 Å². The van der Waals surface area contributed by atoms with Crippen molar-refractivity contribution in [3.63, 3.8) is 0 Å². The van der Waals surface area contributed by atoms with E-state index in [2.05, 4.69) is 26.6 Å². The fraction of sp³-hybridized carbons (Fsp3) is 0.333. The summed E-state index contributed by atoms with van der Waals surface area (Å²) in [5.74, 6) is -1.25. The molecule has 110 valence electrons. The molecule has 3 N–H and O–H groups in total. The van der Waals surface area contributed by atoms with Gasteiger partial charge in [-0.15, -0.1) is 0 Å². The Morgan fingerprint density at radius 1 is 1.45 bits per heavy atom. The van der Waals surface area contributed by atoms with E-state index in [0.717, 1.165) is 6.07 Å². The number of rotatable bonds is 6. The van der Waals surface area contributed by atoms with Crippen molar-refractivity contribution in [3.05, 3.63) is 22.4 Å². The maximum Gasteiger partial charge on any atom is 0.319 e. The zero-order chi connectivity index (χ0) is 15.1. The summed E-state index contributed by atoms with van der Waals surface area (Å²) in [4.78, 5) is 21.9. The van der Waals surface area contributed by atoms with Crippen LogP contribution >= 0.6 is 15.9 Å². The molecule has 0 saturated carbocycles. The van der Waals surface area contributed by atoms with E-state index < -0.39 is 17.8 Å². The average molecular weight is 349 g/mol. The molecule has 0 heterocycles. The number of carbonyl (C=O) groups excluding carboxylic acids is 1. The molecule has 0 bridgehead atoms. The Morgan fingerprint density at radius 2 is 2.15 bits per heavy atom. The molecule has 2 amide bonds. The number of carboxylic acid groups (broad SMARTS) is 1. The van der Waals surface area contributed by atoms with Crippen LogP contribution in [0.5, 0.6) is 5.75 Å². The van der Waals surface area contributed by atoms with Gasteiger partial charge in [-0.1, -0.05) is 0 Å². The lowest BCUT2D eigenvalue weighted by Gasteiger charge is -2.13. The van der Waals surface area contributed by atoms with Crippen molar-refractivity contribution in [1.29, 1.82) is 0 Å². The van der Waals surface area contributed by atoms with Crippen molar-refractivity contribution in [2.75, 3.05) is 18.5 Å². The molecular formula is C12H14BrFN2O4. The highest BCUT2D eigenvalue weighted by Gasteiger charge is 2.12. The lowest BCUT2D eigenvalue weighted by atomic mass is 10.3. The number of ether oxygens (including phenoxy) is 1. The third kappa shape index (κ3) is 5.04. The van der Waals surface area contributed by atoms with Gasteiger partial charge in [0.25, 0.3) is 0 Å². The fourth-order valence-corrected chi connectivity index (χ4v) is 1.67. The third-order valence-corrected chi connectivity index (χ3v) is 2.80. The van der Waals surface area contributed by atoms with Crippen molar-refractivity contribution >= 4 is 33.6 Å². The molecule has 1 aromatic carbocycles. The molecule has 0 aromatic heterocycles. The summed E-state index contributed by atoms with van der Waals surface area (Å²) in [6.45, 7) is 2.09. The predicted octanol–water partition coefficient (Wildman–Crippen LogP) is 2.58. The highest BCUT2D eigenvalue weighted by atomic mass is 79.9. The fourth-order valence-electron chi connectivity index (χ4n) is 1.35. The number of carboxylic acids is 1. The highest BCUT2D eigenvalue weighted by Crippen LogP contribution is 2.30. The number of aliphatic carboxylic acids is 1. The molecule has 20 heavy (non-hydrogen) atoms. The summed E-state index contributed by atoms with van der Waals surface area (Å²) in [5, 5.41) is 13.2. The van der Waals surface area contributed by atoms with Gasteiger partial charge in [-0.2, -0.15) is 0 Å². The van der Waals surface area contributed by atoms with Gasteiger partial charge in [0.05, 0.1) is 23.2 Å². The second-order valence-electron chi connectivity index (χ2n) is 3.72. The van der Waals surface area contributed by atoms with Crippen LogP contribution in [0.4, 0.5) is 14.9 Å². The summed E-state index contributed by atoms with van der Waals surface area (Å²) in [6.07, 6.45) is -0.194. The summed E-state index contributed by atoms with van der Waals surface area (Å²) < 4.78 is 19.0. The number of benzene rings is 1. The maximum atomic E-state index is 13.5. The molecule has 0 atom stereocenters. The number of anilines is 1. The maximum absolute atomic E-state index is 13.5. The molecule has 0 unspecified atom stereocenters. The van der Waals surface area contributed by atoms with Crippen molar-refractivity contribution in [2.24, 2.45) is 0 Å². The number of carbonyl (C=O) groups is 2. The first kappa shape index (κ1) is 16.2. The summed E-state index contributed by atoms with van der Waals surface area (Å²) in [5.41, 5.74) is 0.167. The van der Waals surface area contributed by atoms with Crippen molar-refractivity contribution in [2.45, 2.75) is 13.3 Å². The van der Waals surface area contributed by atoms with Gasteiger partial charge in [0, 0.05) is 12.6 Å². The lowest BCUT2D eigenvalue weighted by molar-refractivity contribution is -0.136. The molecule has 0 fully saturated rings. The lowest BCUT2D eigenvalue weighted by Crippen LogP contribution is -2.30. The smallest absolute Gasteiger partial charge is 0.319 e. The van der Waals surface area contributed by atoms with Gasteiger partial charge < -0.3 is 20.5 Å². The first-order chi connectivity index (χ1) is 9.43. The number of hydrogen-bond acceptors (Lipinski definition) is 3. The van der Waals surface area contributed by atoms with Crippen LogP contribution in [0.2, 0.25) is 0 Å². The van der Waals surface area contributed by atoms with Crippen LogP contribution in [0.15, 0.2) is 16.6 Å². The van der Waals surface area contributed by atoms with Gasteiger partial charge in [0.2, 0.25) is 0 Å². The van der Waals surface area contributed by atoms with Crippen molar-refractivity contribution in [3.8, 4) is 5.75 Å². The summed E-state index contributed by atoms with van der Waals surface area (Å²) in [7, 11) is 0. The highest BCUT2D eigenvalue weighted by molar-refractivity contribution is 9.10. The second-order valence-corrected chi connectivity index (χ2v) is 4.57. The first-order valence-corrected chi connectivity index (χ1v) is 6.61. The molecule has 1 rings (SSSR count). The molecule has 1 aromatic rings. The summed E-state index contributed by atoms with van der Waals surface area (Å²) in [6, 6.07) is 1.89. The Balaban J connectivity index is 2.72. The van der Waals surface area contributed by atoms with Gasteiger partial charge in [-0.05, 0) is 28.9 Å². The second kappa shape index (κ2) is 7.68. The van der Waals surface area contributed by atoms with E-state index >= 15 is 0 Å². The molecule has 0 radical (unpaired) electrons. The Hall–Kier alpha value is -1.83. The number of hydrogen-bond donors (Lipinski definition) is 3. The van der Waals surface area contributed by atoms with Crippen LogP contribution in [0.25, 0.3) is 0 Å². The van der Waals surface area contributed by atoms with Crippen LogP contribution in [0, 0.1) is 5.82 Å². The largest absolute Gasteiger partial charge is 0.492 e. The topological polar surface area (TPSA) is 87.7 Å². The Labute approximate surface area is 123 Å². The number of amides is 2. The van der Waals surface area contributed by atoms with Crippen LogP contribution < -0.4 is 15.4 Å². The Bertz CT molecular complexity index is 510. The Kier molecular flexibility index (Phi) is 6.23. The van der Waals surface area contributed by atoms with E-state index in [1.54, 1.807) is 6.92 Å². The molecule has 0 aliphatic rings. The molecule has 0 spiro atoms. The van der Waals surface area contributed by atoms with E-state index in [1.807, 2.05) is 0 Å². The number of halogens is 2. The standard InChI is InChI=1S/C12H14BrFN2O4/c1-2-20-10-5-7(13)8(14)6-9(10)16-12(19)15-4-3-11(17)18/h5-6H,2-4H2,1H3,(H,17,18)(H2,15,16,19). The van der Waals surface area contributed by atoms with Crippen LogP contribution in [0.3, 0.4) is 0 Å². The van der Waals surface area contributed by atoms with Crippen molar-refractivity contribution in [1.82, 2.24) is 5.32 Å². The number of nitrogens with one attached hydrogen (secondary N) is 2. The minimum atomic E-state index is -1.02. The Morgan fingerprint density at radius 3 is 2.75 bits per heavy atom. The van der Waals surface area contributed by atoms with Crippen LogP contribution in [-0.2, 0) is 4.79 Å². The molecule has 8 heteroatoms. The zero-order valence-electron chi connectivity index (χ0n) is 10.7. The molecule has 0 aliphatic carbocycles.